The van der Waals surface area contributed by atoms with Crippen molar-refractivity contribution in [3.8, 4) is 0 Å². The summed E-state index contributed by atoms with van der Waals surface area (Å²) in [5.41, 5.74) is 0.148. The second kappa shape index (κ2) is 5.69. The van der Waals surface area contributed by atoms with Crippen molar-refractivity contribution in [1.82, 2.24) is 5.32 Å². The second-order valence-electron chi connectivity index (χ2n) is 4.22. The maximum absolute atomic E-state index is 5.54. The highest BCUT2D eigenvalue weighted by molar-refractivity contribution is 4.93. The van der Waals surface area contributed by atoms with Gasteiger partial charge in [0.1, 0.15) is 0 Å². The van der Waals surface area contributed by atoms with Gasteiger partial charge in [-0.3, -0.25) is 0 Å². The summed E-state index contributed by atoms with van der Waals surface area (Å²) < 4.78 is 11.0. The van der Waals surface area contributed by atoms with Crippen molar-refractivity contribution < 1.29 is 9.47 Å². The highest BCUT2D eigenvalue weighted by Gasteiger charge is 2.35. The Bertz CT molecular complexity index is 163. The van der Waals surface area contributed by atoms with Crippen LogP contribution in [0.3, 0.4) is 0 Å². The molecule has 84 valence electrons. The zero-order valence-electron chi connectivity index (χ0n) is 9.64. The van der Waals surface area contributed by atoms with Crippen LogP contribution in [-0.2, 0) is 9.47 Å². The third-order valence-corrected chi connectivity index (χ3v) is 3.01. The summed E-state index contributed by atoms with van der Waals surface area (Å²) in [7, 11) is 0. The zero-order chi connectivity index (χ0) is 10.4. The van der Waals surface area contributed by atoms with Gasteiger partial charge in [-0.15, -0.1) is 0 Å². The molecule has 1 aliphatic rings. The lowest BCUT2D eigenvalue weighted by Crippen LogP contribution is -2.48. The second-order valence-corrected chi connectivity index (χ2v) is 4.22. The van der Waals surface area contributed by atoms with Crippen LogP contribution >= 0.6 is 0 Å². The van der Waals surface area contributed by atoms with E-state index < -0.39 is 0 Å². The molecule has 0 aromatic carbocycles. The highest BCUT2D eigenvalue weighted by Crippen LogP contribution is 2.24. The molecule has 3 nitrogen and oxygen atoms in total. The first-order valence-corrected chi connectivity index (χ1v) is 5.63. The quantitative estimate of drug-likeness (QED) is 0.662. The Kier molecular flexibility index (Phi) is 4.85. The summed E-state index contributed by atoms with van der Waals surface area (Å²) in [6, 6.07) is 0. The molecule has 1 N–H and O–H groups in total. The first kappa shape index (κ1) is 12.0. The van der Waals surface area contributed by atoms with Crippen molar-refractivity contribution in [3.05, 3.63) is 0 Å². The first-order valence-electron chi connectivity index (χ1n) is 5.63. The van der Waals surface area contributed by atoms with Gasteiger partial charge in [-0.2, -0.15) is 0 Å². The van der Waals surface area contributed by atoms with Crippen LogP contribution in [-0.4, -0.2) is 38.0 Å². The summed E-state index contributed by atoms with van der Waals surface area (Å²) in [5.74, 6) is 0. The van der Waals surface area contributed by atoms with Gasteiger partial charge in [0.25, 0.3) is 0 Å². The Morgan fingerprint density at radius 3 is 2.86 bits per heavy atom. The van der Waals surface area contributed by atoms with Crippen molar-refractivity contribution in [3.63, 3.8) is 0 Å². The van der Waals surface area contributed by atoms with E-state index in [1.807, 2.05) is 0 Å². The molecule has 3 heteroatoms. The van der Waals surface area contributed by atoms with Crippen molar-refractivity contribution in [1.29, 1.82) is 0 Å². The molecule has 0 radical (unpaired) electrons. The maximum Gasteiger partial charge on any atom is 0.0726 e. The van der Waals surface area contributed by atoms with Crippen LogP contribution in [0.4, 0.5) is 0 Å². The average molecular weight is 201 g/mol. The van der Waals surface area contributed by atoms with E-state index >= 15 is 0 Å². The minimum atomic E-state index is 0.148. The smallest absolute Gasteiger partial charge is 0.0726 e. The SMILES string of the molecule is CCCOCCNC1(C)CCOC1C. The van der Waals surface area contributed by atoms with Gasteiger partial charge in [0.2, 0.25) is 0 Å². The van der Waals surface area contributed by atoms with Crippen LogP contribution in [0.15, 0.2) is 0 Å². The van der Waals surface area contributed by atoms with Crippen molar-refractivity contribution in [2.24, 2.45) is 0 Å². The minimum absolute atomic E-state index is 0.148. The molecule has 0 aromatic rings. The molecular formula is C11H23NO2. The average Bonchev–Trinajstić information content (AvgIpc) is 2.47. The molecule has 1 heterocycles. The fraction of sp³-hybridized carbons (Fsp3) is 1.00. The van der Waals surface area contributed by atoms with Crippen LogP contribution in [0.25, 0.3) is 0 Å². The summed E-state index contributed by atoms with van der Waals surface area (Å²) in [4.78, 5) is 0. The zero-order valence-corrected chi connectivity index (χ0v) is 9.64. The Labute approximate surface area is 87.2 Å². The number of nitrogens with one attached hydrogen (secondary N) is 1. The molecule has 0 aliphatic carbocycles. The van der Waals surface area contributed by atoms with Gasteiger partial charge in [0.05, 0.1) is 12.7 Å². The molecule has 1 fully saturated rings. The summed E-state index contributed by atoms with van der Waals surface area (Å²) in [5, 5.41) is 3.52. The van der Waals surface area contributed by atoms with Gasteiger partial charge in [0.15, 0.2) is 0 Å². The number of rotatable bonds is 6. The van der Waals surface area contributed by atoms with E-state index in [2.05, 4.69) is 26.1 Å². The van der Waals surface area contributed by atoms with E-state index in [1.54, 1.807) is 0 Å². The molecule has 1 rings (SSSR count). The van der Waals surface area contributed by atoms with Gasteiger partial charge in [-0.25, -0.2) is 0 Å². The monoisotopic (exact) mass is 201 g/mol. The Balaban J connectivity index is 2.10. The molecule has 0 saturated carbocycles. The van der Waals surface area contributed by atoms with Gasteiger partial charge >= 0.3 is 0 Å². The molecule has 0 aromatic heterocycles. The van der Waals surface area contributed by atoms with E-state index in [1.165, 1.54) is 0 Å². The van der Waals surface area contributed by atoms with Crippen LogP contribution in [0.2, 0.25) is 0 Å². The van der Waals surface area contributed by atoms with Crippen LogP contribution < -0.4 is 5.32 Å². The summed E-state index contributed by atoms with van der Waals surface area (Å²) in [6.45, 7) is 9.95. The van der Waals surface area contributed by atoms with E-state index in [9.17, 15) is 0 Å². The van der Waals surface area contributed by atoms with E-state index in [4.69, 9.17) is 9.47 Å². The Morgan fingerprint density at radius 1 is 1.50 bits per heavy atom. The van der Waals surface area contributed by atoms with Gasteiger partial charge in [-0.05, 0) is 26.7 Å². The molecule has 0 spiro atoms. The Morgan fingerprint density at radius 2 is 2.29 bits per heavy atom. The normalized spacial score (nSPS) is 32.4. The molecular weight excluding hydrogens is 178 g/mol. The van der Waals surface area contributed by atoms with E-state index in [-0.39, 0.29) is 5.54 Å². The molecule has 0 bridgehead atoms. The predicted molar refractivity (Wildman–Crippen MR) is 57.5 cm³/mol. The van der Waals surface area contributed by atoms with Gasteiger partial charge in [-0.1, -0.05) is 6.92 Å². The van der Waals surface area contributed by atoms with Crippen LogP contribution in [0, 0.1) is 0 Å². The molecule has 1 aliphatic heterocycles. The largest absolute Gasteiger partial charge is 0.380 e. The van der Waals surface area contributed by atoms with Crippen molar-refractivity contribution in [2.75, 3.05) is 26.4 Å². The molecule has 0 amide bonds. The lowest BCUT2D eigenvalue weighted by molar-refractivity contribution is 0.0805. The van der Waals surface area contributed by atoms with Gasteiger partial charge in [0, 0.05) is 25.3 Å². The van der Waals surface area contributed by atoms with E-state index in [0.717, 1.165) is 39.2 Å². The first-order chi connectivity index (χ1) is 6.69. The minimum Gasteiger partial charge on any atom is -0.380 e. The van der Waals surface area contributed by atoms with Crippen LogP contribution in [0.1, 0.15) is 33.6 Å². The lowest BCUT2D eigenvalue weighted by Gasteiger charge is -2.28. The predicted octanol–water partition coefficient (Wildman–Crippen LogP) is 1.57. The fourth-order valence-electron chi connectivity index (χ4n) is 1.72. The molecule has 2 atom stereocenters. The van der Waals surface area contributed by atoms with E-state index in [0.29, 0.717) is 6.10 Å². The maximum atomic E-state index is 5.54. The Hall–Kier alpha value is -0.120. The highest BCUT2D eigenvalue weighted by atomic mass is 16.5. The summed E-state index contributed by atoms with van der Waals surface area (Å²) in [6.07, 6.45) is 2.51. The number of hydrogen-bond donors (Lipinski definition) is 1. The molecule has 2 unspecified atom stereocenters. The number of hydrogen-bond acceptors (Lipinski definition) is 3. The third kappa shape index (κ3) is 3.23. The van der Waals surface area contributed by atoms with Crippen LogP contribution in [0.5, 0.6) is 0 Å². The topological polar surface area (TPSA) is 30.5 Å². The fourth-order valence-corrected chi connectivity index (χ4v) is 1.72. The third-order valence-electron chi connectivity index (χ3n) is 3.01. The standard InChI is InChI=1S/C11H23NO2/c1-4-7-13-9-6-12-11(3)5-8-14-10(11)2/h10,12H,4-9H2,1-3H3. The molecule has 1 saturated heterocycles. The molecule has 14 heavy (non-hydrogen) atoms. The lowest BCUT2D eigenvalue weighted by atomic mass is 9.95. The van der Waals surface area contributed by atoms with Gasteiger partial charge < -0.3 is 14.8 Å². The van der Waals surface area contributed by atoms with Crippen molar-refractivity contribution in [2.45, 2.75) is 45.3 Å². The summed E-state index contributed by atoms with van der Waals surface area (Å²) >= 11 is 0. The van der Waals surface area contributed by atoms with Crippen molar-refractivity contribution >= 4 is 0 Å². The number of ether oxygens (including phenoxy) is 2.